The Balaban J connectivity index is 2.25. The summed E-state index contributed by atoms with van der Waals surface area (Å²) in [7, 11) is 0. The van der Waals surface area contributed by atoms with Gasteiger partial charge in [0.05, 0.1) is 6.67 Å². The van der Waals surface area contributed by atoms with Crippen molar-refractivity contribution in [2.45, 2.75) is 0 Å². The summed E-state index contributed by atoms with van der Waals surface area (Å²) in [6.07, 6.45) is 0. The third-order valence-corrected chi connectivity index (χ3v) is 0.785. The minimum absolute atomic E-state index is 0.575. The van der Waals surface area contributed by atoms with Crippen LogP contribution in [0.3, 0.4) is 0 Å². The third kappa shape index (κ3) is 1.26. The maximum Gasteiger partial charge on any atom is 0.195 e. The van der Waals surface area contributed by atoms with Crippen LogP contribution in [0.5, 0.6) is 0 Å². The molecule has 0 unspecified atom stereocenters. The van der Waals surface area contributed by atoms with Crippen molar-refractivity contribution < 1.29 is 0 Å². The van der Waals surface area contributed by atoms with Gasteiger partial charge in [-0.05, 0) is 12.2 Å². The smallest absolute Gasteiger partial charge is 0.195 e. The van der Waals surface area contributed by atoms with Gasteiger partial charge >= 0.3 is 0 Å². The first-order valence-electron chi connectivity index (χ1n) is 1.91. The summed E-state index contributed by atoms with van der Waals surface area (Å²) in [6.45, 7) is 0.681. The molecule has 5 heteroatoms. The third-order valence-electron chi connectivity index (χ3n) is 0.581. The van der Waals surface area contributed by atoms with Crippen LogP contribution in [0.25, 0.3) is 0 Å². The van der Waals surface area contributed by atoms with E-state index in [2.05, 4.69) is 33.9 Å². The quantitative estimate of drug-likeness (QED) is 0.290. The Morgan fingerprint density at radius 2 is 1.86 bits per heavy atom. The molecule has 1 rings (SSSR count). The van der Waals surface area contributed by atoms with E-state index in [-0.39, 0.29) is 0 Å². The normalized spacial score (nSPS) is 20.3. The molecule has 0 radical (unpaired) electrons. The SMILES string of the molecule is S=C1NNCNN1. The highest BCUT2D eigenvalue weighted by Gasteiger charge is 1.95. The fourth-order valence-corrected chi connectivity index (χ4v) is 0.469. The Morgan fingerprint density at radius 1 is 1.29 bits per heavy atom. The van der Waals surface area contributed by atoms with Crippen LogP contribution in [0, 0.1) is 0 Å². The average molecular weight is 118 g/mol. The van der Waals surface area contributed by atoms with Gasteiger partial charge in [-0.3, -0.25) is 10.9 Å². The first-order chi connectivity index (χ1) is 3.39. The minimum atomic E-state index is 0.575. The first kappa shape index (κ1) is 4.76. The van der Waals surface area contributed by atoms with Gasteiger partial charge in [0.1, 0.15) is 0 Å². The lowest BCUT2D eigenvalue weighted by Crippen LogP contribution is -2.59. The zero-order chi connectivity index (χ0) is 5.11. The second kappa shape index (κ2) is 2.06. The van der Waals surface area contributed by atoms with Crippen molar-refractivity contribution in [3.05, 3.63) is 0 Å². The van der Waals surface area contributed by atoms with E-state index in [1.54, 1.807) is 0 Å². The lowest BCUT2D eigenvalue weighted by atomic mass is 11.0. The van der Waals surface area contributed by atoms with Gasteiger partial charge in [0.15, 0.2) is 5.11 Å². The Hall–Kier alpha value is -0.390. The highest BCUT2D eigenvalue weighted by Crippen LogP contribution is 1.60. The molecule has 0 aliphatic carbocycles. The fraction of sp³-hybridized carbons (Fsp3) is 0.500. The Kier molecular flexibility index (Phi) is 1.40. The average Bonchev–Trinajstić information content (AvgIpc) is 1.69. The molecule has 0 aromatic carbocycles. The van der Waals surface area contributed by atoms with Gasteiger partial charge in [-0.1, -0.05) is 0 Å². The van der Waals surface area contributed by atoms with Crippen LogP contribution >= 0.6 is 12.2 Å². The molecule has 4 N–H and O–H groups in total. The summed E-state index contributed by atoms with van der Waals surface area (Å²) in [5, 5.41) is 0.575. The first-order valence-corrected chi connectivity index (χ1v) is 2.32. The predicted octanol–water partition coefficient (Wildman–Crippen LogP) is -1.57. The number of thiocarbonyl (C=S) groups is 1. The molecule has 0 aromatic heterocycles. The summed E-state index contributed by atoms with van der Waals surface area (Å²) in [5.41, 5.74) is 10.9. The molecule has 0 spiro atoms. The molecule has 1 aliphatic heterocycles. The number of nitrogens with one attached hydrogen (secondary N) is 4. The predicted molar refractivity (Wildman–Crippen MR) is 30.0 cm³/mol. The van der Waals surface area contributed by atoms with Gasteiger partial charge in [-0.15, -0.1) is 0 Å². The summed E-state index contributed by atoms with van der Waals surface area (Å²) >= 11 is 4.66. The van der Waals surface area contributed by atoms with Crippen LogP contribution in [0.15, 0.2) is 0 Å². The number of hydrazine groups is 2. The van der Waals surface area contributed by atoms with Crippen LogP contribution in [0.2, 0.25) is 0 Å². The molecule has 4 nitrogen and oxygen atoms in total. The molecule has 1 saturated heterocycles. The molecule has 1 aliphatic rings. The van der Waals surface area contributed by atoms with Crippen molar-refractivity contribution in [2.24, 2.45) is 0 Å². The zero-order valence-electron chi connectivity index (χ0n) is 3.62. The van der Waals surface area contributed by atoms with Crippen molar-refractivity contribution in [1.82, 2.24) is 21.7 Å². The highest BCUT2D eigenvalue weighted by molar-refractivity contribution is 7.80. The number of rotatable bonds is 0. The molecule has 0 amide bonds. The van der Waals surface area contributed by atoms with Crippen LogP contribution in [0.4, 0.5) is 0 Å². The van der Waals surface area contributed by atoms with Crippen LogP contribution in [0.1, 0.15) is 0 Å². The maximum absolute atomic E-state index is 4.66. The number of hydrogen-bond acceptors (Lipinski definition) is 3. The summed E-state index contributed by atoms with van der Waals surface area (Å²) in [5.74, 6) is 0. The standard InChI is InChI=1S/C2H6N4S/c7-2-5-3-1-4-6-2/h3-4H,1H2,(H2,5,6,7). The van der Waals surface area contributed by atoms with Gasteiger partial charge in [-0.25, -0.2) is 10.9 Å². The van der Waals surface area contributed by atoms with Crippen LogP contribution in [-0.4, -0.2) is 11.8 Å². The summed E-state index contributed by atoms with van der Waals surface area (Å²) < 4.78 is 0. The van der Waals surface area contributed by atoms with Crippen molar-refractivity contribution in [3.63, 3.8) is 0 Å². The molecule has 7 heavy (non-hydrogen) atoms. The largest absolute Gasteiger partial charge is 0.296 e. The molecule has 40 valence electrons. The molecular weight excluding hydrogens is 112 g/mol. The maximum atomic E-state index is 4.66. The lowest BCUT2D eigenvalue weighted by molar-refractivity contribution is 0.485. The topological polar surface area (TPSA) is 48.1 Å². The van der Waals surface area contributed by atoms with Crippen LogP contribution in [-0.2, 0) is 0 Å². The van der Waals surface area contributed by atoms with E-state index in [1.165, 1.54) is 0 Å². The lowest BCUT2D eigenvalue weighted by Gasteiger charge is -2.17. The Labute approximate surface area is 46.6 Å². The Bertz CT molecular complexity index is 73.8. The van der Waals surface area contributed by atoms with E-state index in [1.807, 2.05) is 0 Å². The van der Waals surface area contributed by atoms with Gasteiger partial charge in [-0.2, -0.15) is 0 Å². The number of hydrogen-bond donors (Lipinski definition) is 4. The summed E-state index contributed by atoms with van der Waals surface area (Å²) in [6, 6.07) is 0. The zero-order valence-corrected chi connectivity index (χ0v) is 4.43. The fourth-order valence-electron chi connectivity index (χ4n) is 0.324. The van der Waals surface area contributed by atoms with Crippen molar-refractivity contribution in [1.29, 1.82) is 0 Å². The molecule has 0 saturated carbocycles. The monoisotopic (exact) mass is 118 g/mol. The molecule has 0 aromatic rings. The van der Waals surface area contributed by atoms with E-state index in [4.69, 9.17) is 0 Å². The van der Waals surface area contributed by atoms with Crippen molar-refractivity contribution in [2.75, 3.05) is 6.67 Å². The van der Waals surface area contributed by atoms with E-state index in [0.29, 0.717) is 11.8 Å². The van der Waals surface area contributed by atoms with Gasteiger partial charge < -0.3 is 0 Å². The van der Waals surface area contributed by atoms with E-state index in [9.17, 15) is 0 Å². The Morgan fingerprint density at radius 3 is 2.14 bits per heavy atom. The van der Waals surface area contributed by atoms with Gasteiger partial charge in [0, 0.05) is 0 Å². The van der Waals surface area contributed by atoms with E-state index >= 15 is 0 Å². The van der Waals surface area contributed by atoms with Gasteiger partial charge in [0.2, 0.25) is 0 Å². The second-order valence-electron chi connectivity index (χ2n) is 1.11. The van der Waals surface area contributed by atoms with Crippen molar-refractivity contribution in [3.8, 4) is 0 Å². The minimum Gasteiger partial charge on any atom is -0.296 e. The summed E-state index contributed by atoms with van der Waals surface area (Å²) in [4.78, 5) is 0. The second-order valence-corrected chi connectivity index (χ2v) is 1.52. The molecule has 1 heterocycles. The molecule has 0 atom stereocenters. The van der Waals surface area contributed by atoms with Gasteiger partial charge in [0.25, 0.3) is 0 Å². The molecule has 1 fully saturated rings. The van der Waals surface area contributed by atoms with E-state index in [0.717, 1.165) is 0 Å². The van der Waals surface area contributed by atoms with Crippen LogP contribution < -0.4 is 21.7 Å². The highest BCUT2D eigenvalue weighted by atomic mass is 32.1. The molecule has 0 bridgehead atoms. The van der Waals surface area contributed by atoms with Crippen molar-refractivity contribution >= 4 is 17.3 Å². The molecular formula is C2H6N4S. The van der Waals surface area contributed by atoms with E-state index < -0.39 is 0 Å².